The van der Waals surface area contributed by atoms with Crippen LogP contribution in [0.3, 0.4) is 0 Å². The van der Waals surface area contributed by atoms with Crippen molar-refractivity contribution in [1.82, 2.24) is 24.6 Å². The largest absolute Gasteiger partial charge is 0.366 e. The molecule has 0 spiro atoms. The predicted molar refractivity (Wildman–Crippen MR) is 148 cm³/mol. The second kappa shape index (κ2) is 9.16. The lowest BCUT2D eigenvalue weighted by molar-refractivity contribution is 0.0999. The molecule has 6 rings (SSSR count). The van der Waals surface area contributed by atoms with Crippen LogP contribution in [0.15, 0.2) is 55.0 Å². The van der Waals surface area contributed by atoms with E-state index in [0.717, 1.165) is 61.9 Å². The van der Waals surface area contributed by atoms with E-state index < -0.39 is 5.91 Å². The van der Waals surface area contributed by atoms with Crippen molar-refractivity contribution in [2.75, 3.05) is 20.1 Å². The fourth-order valence-corrected chi connectivity index (χ4v) is 5.62. The van der Waals surface area contributed by atoms with Crippen LogP contribution in [0.1, 0.15) is 34.3 Å². The van der Waals surface area contributed by atoms with Gasteiger partial charge in [-0.25, -0.2) is 4.98 Å². The van der Waals surface area contributed by atoms with Crippen LogP contribution in [-0.4, -0.2) is 50.7 Å². The number of pyridine rings is 1. The van der Waals surface area contributed by atoms with Crippen LogP contribution in [0, 0.1) is 19.8 Å². The van der Waals surface area contributed by atoms with E-state index in [2.05, 4.69) is 52.1 Å². The molecule has 7 nitrogen and oxygen atoms in total. The van der Waals surface area contributed by atoms with E-state index in [1.807, 2.05) is 38.4 Å². The van der Waals surface area contributed by atoms with Gasteiger partial charge in [0.25, 0.3) is 0 Å². The van der Waals surface area contributed by atoms with E-state index in [1.165, 1.54) is 25.9 Å². The SMILES string of the molecule is Cc1c(C(N)=O)ccc(-c2c[nH]c3ncc(-c4ccc5nn(CC6CCN(C)CC6)cc5c4)cc23)c1C. The molecule has 1 fully saturated rings. The van der Waals surface area contributed by atoms with Crippen LogP contribution in [0.4, 0.5) is 0 Å². The number of carbonyl (C=O) groups is 1. The van der Waals surface area contributed by atoms with Crippen molar-refractivity contribution in [2.45, 2.75) is 33.2 Å². The number of rotatable bonds is 5. The van der Waals surface area contributed by atoms with E-state index in [1.54, 1.807) is 0 Å². The maximum absolute atomic E-state index is 11.8. The van der Waals surface area contributed by atoms with Crippen molar-refractivity contribution in [3.8, 4) is 22.3 Å². The number of nitrogens with two attached hydrogens (primary N) is 1. The Labute approximate surface area is 216 Å². The van der Waals surface area contributed by atoms with E-state index in [-0.39, 0.29) is 0 Å². The van der Waals surface area contributed by atoms with Crippen LogP contribution in [0.5, 0.6) is 0 Å². The summed E-state index contributed by atoms with van der Waals surface area (Å²) in [4.78, 5) is 22.2. The summed E-state index contributed by atoms with van der Waals surface area (Å²) in [7, 11) is 2.20. The molecule has 7 heteroatoms. The van der Waals surface area contributed by atoms with Gasteiger partial charge in [0.05, 0.1) is 5.52 Å². The van der Waals surface area contributed by atoms with Crippen LogP contribution in [-0.2, 0) is 6.54 Å². The van der Waals surface area contributed by atoms with Gasteiger partial charge < -0.3 is 15.6 Å². The van der Waals surface area contributed by atoms with Gasteiger partial charge in [0.1, 0.15) is 5.65 Å². The van der Waals surface area contributed by atoms with Crippen molar-refractivity contribution < 1.29 is 4.79 Å². The molecule has 3 N–H and O–H groups in total. The monoisotopic (exact) mass is 492 g/mol. The first-order valence-electron chi connectivity index (χ1n) is 12.9. The second-order valence-electron chi connectivity index (χ2n) is 10.5. The first kappa shape index (κ1) is 23.4. The third-order valence-electron chi connectivity index (χ3n) is 8.04. The number of benzene rings is 2. The van der Waals surface area contributed by atoms with Crippen molar-refractivity contribution in [2.24, 2.45) is 11.7 Å². The van der Waals surface area contributed by atoms with Crippen molar-refractivity contribution >= 4 is 27.8 Å². The summed E-state index contributed by atoms with van der Waals surface area (Å²) in [6, 6.07) is 12.4. The van der Waals surface area contributed by atoms with Crippen LogP contribution < -0.4 is 5.73 Å². The highest BCUT2D eigenvalue weighted by Gasteiger charge is 2.18. The standard InChI is InChI=1S/C30H32N6O/c1-18-19(2)25(29(31)37)6-5-24(18)27-15-33-30-26(27)13-22(14-32-30)21-4-7-28-23(12-21)17-36(34-28)16-20-8-10-35(3)11-9-20/h4-7,12-15,17,20H,8-11,16H2,1-3H3,(H2,31,37)(H,32,33). The Kier molecular flexibility index (Phi) is 5.80. The number of likely N-dealkylation sites (tertiary alicyclic amines) is 1. The van der Waals surface area contributed by atoms with Gasteiger partial charge in [-0.3, -0.25) is 9.48 Å². The van der Waals surface area contributed by atoms with Crippen molar-refractivity contribution in [1.29, 1.82) is 0 Å². The number of hydrogen-bond acceptors (Lipinski definition) is 4. The first-order valence-corrected chi connectivity index (χ1v) is 12.9. The number of H-pyrrole nitrogens is 1. The molecule has 1 aliphatic rings. The van der Waals surface area contributed by atoms with Gasteiger partial charge in [-0.05, 0) is 99.3 Å². The summed E-state index contributed by atoms with van der Waals surface area (Å²) in [6.07, 6.45) is 8.54. The van der Waals surface area contributed by atoms with Gasteiger partial charge in [-0.15, -0.1) is 0 Å². The quantitative estimate of drug-likeness (QED) is 0.348. The molecule has 1 aliphatic heterocycles. The Morgan fingerprint density at radius 1 is 1.05 bits per heavy atom. The van der Waals surface area contributed by atoms with Gasteiger partial charge >= 0.3 is 0 Å². The Balaban J connectivity index is 1.33. The average Bonchev–Trinajstić information content (AvgIpc) is 3.49. The van der Waals surface area contributed by atoms with E-state index >= 15 is 0 Å². The normalized spacial score (nSPS) is 15.1. The van der Waals surface area contributed by atoms with Crippen molar-refractivity contribution in [3.05, 3.63) is 71.7 Å². The van der Waals surface area contributed by atoms with Crippen LogP contribution in [0.2, 0.25) is 0 Å². The number of carbonyl (C=O) groups excluding carboxylic acids is 1. The van der Waals surface area contributed by atoms with Gasteiger partial charge in [-0.2, -0.15) is 5.10 Å². The summed E-state index contributed by atoms with van der Waals surface area (Å²) in [5.41, 5.74) is 14.2. The minimum atomic E-state index is -0.403. The molecule has 5 aromatic rings. The summed E-state index contributed by atoms with van der Waals surface area (Å²) >= 11 is 0. The van der Waals surface area contributed by atoms with Gasteiger partial charge in [0, 0.05) is 52.6 Å². The van der Waals surface area contributed by atoms with Gasteiger partial charge in [0.2, 0.25) is 5.91 Å². The first-order chi connectivity index (χ1) is 17.9. The molecule has 0 atom stereocenters. The fourth-order valence-electron chi connectivity index (χ4n) is 5.62. The van der Waals surface area contributed by atoms with E-state index in [0.29, 0.717) is 11.5 Å². The second-order valence-corrected chi connectivity index (χ2v) is 10.5. The van der Waals surface area contributed by atoms with Crippen LogP contribution in [0.25, 0.3) is 44.2 Å². The lowest BCUT2D eigenvalue weighted by Crippen LogP contribution is -2.31. The molecule has 0 saturated carbocycles. The molecule has 0 bridgehead atoms. The molecular formula is C30H32N6O. The molecule has 1 amide bonds. The number of nitrogens with one attached hydrogen (secondary N) is 1. The summed E-state index contributed by atoms with van der Waals surface area (Å²) in [6.45, 7) is 7.29. The molecule has 1 saturated heterocycles. The summed E-state index contributed by atoms with van der Waals surface area (Å²) in [5.74, 6) is 0.285. The van der Waals surface area contributed by atoms with Gasteiger partial charge in [-0.1, -0.05) is 12.1 Å². The molecule has 0 aliphatic carbocycles. The smallest absolute Gasteiger partial charge is 0.248 e. The van der Waals surface area contributed by atoms with E-state index in [4.69, 9.17) is 15.8 Å². The Morgan fingerprint density at radius 3 is 2.65 bits per heavy atom. The highest BCUT2D eigenvalue weighted by Crippen LogP contribution is 2.35. The summed E-state index contributed by atoms with van der Waals surface area (Å²) in [5, 5.41) is 7.04. The number of hydrogen-bond donors (Lipinski definition) is 2. The number of nitrogens with zero attached hydrogens (tertiary/aromatic N) is 4. The molecular weight excluding hydrogens is 460 g/mol. The number of piperidine rings is 1. The zero-order valence-corrected chi connectivity index (χ0v) is 21.6. The minimum absolute atomic E-state index is 0.403. The topological polar surface area (TPSA) is 92.8 Å². The highest BCUT2D eigenvalue weighted by molar-refractivity contribution is 5.99. The Bertz CT molecular complexity index is 1640. The zero-order chi connectivity index (χ0) is 25.7. The molecule has 188 valence electrons. The number of aromatic nitrogens is 4. The lowest BCUT2D eigenvalue weighted by atomic mass is 9.93. The minimum Gasteiger partial charge on any atom is -0.366 e. The molecule has 0 unspecified atom stereocenters. The third kappa shape index (κ3) is 4.29. The molecule has 4 heterocycles. The average molecular weight is 493 g/mol. The number of aromatic amines is 1. The van der Waals surface area contributed by atoms with E-state index in [9.17, 15) is 4.79 Å². The maximum Gasteiger partial charge on any atom is 0.248 e. The molecule has 2 aromatic carbocycles. The Hall–Kier alpha value is -3.97. The number of fused-ring (bicyclic) bond motifs is 2. The highest BCUT2D eigenvalue weighted by atomic mass is 16.1. The number of primary amides is 1. The molecule has 37 heavy (non-hydrogen) atoms. The van der Waals surface area contributed by atoms with Gasteiger partial charge in [0.15, 0.2) is 0 Å². The predicted octanol–water partition coefficient (Wildman–Crippen LogP) is 5.30. The summed E-state index contributed by atoms with van der Waals surface area (Å²) < 4.78 is 2.12. The zero-order valence-electron chi connectivity index (χ0n) is 21.6. The van der Waals surface area contributed by atoms with Crippen molar-refractivity contribution in [3.63, 3.8) is 0 Å². The third-order valence-corrected chi connectivity index (χ3v) is 8.04. The molecule has 3 aromatic heterocycles. The Morgan fingerprint density at radius 2 is 1.86 bits per heavy atom. The lowest BCUT2D eigenvalue weighted by Gasteiger charge is -2.28. The number of amides is 1. The fraction of sp³-hybridized carbons (Fsp3) is 0.300. The molecule has 0 radical (unpaired) electrons. The maximum atomic E-state index is 11.8. The van der Waals surface area contributed by atoms with Crippen LogP contribution >= 0.6 is 0 Å².